The van der Waals surface area contributed by atoms with Gasteiger partial charge in [0.15, 0.2) is 5.78 Å². The predicted octanol–water partition coefficient (Wildman–Crippen LogP) is 3.25. The number of aryl methyl sites for hydroxylation is 1. The largest absolute Gasteiger partial charge is 0.288 e. The summed E-state index contributed by atoms with van der Waals surface area (Å²) in [6.07, 6.45) is 5.27. The predicted molar refractivity (Wildman–Crippen MR) is 119 cm³/mol. The Hall–Kier alpha value is -3.63. The lowest BCUT2D eigenvalue weighted by Crippen LogP contribution is -2.14. The third-order valence-electron chi connectivity index (χ3n) is 5.04. The number of hydrogen-bond donors (Lipinski definition) is 2. The molecule has 33 heavy (non-hydrogen) atoms. The summed E-state index contributed by atoms with van der Waals surface area (Å²) < 4.78 is 52.8. The molecule has 0 aliphatic heterocycles. The number of pyridine rings is 1. The maximum absolute atomic E-state index is 15.0. The van der Waals surface area contributed by atoms with Gasteiger partial charge in [0.25, 0.3) is 0 Å². The summed E-state index contributed by atoms with van der Waals surface area (Å²) in [5.41, 5.74) is 1.84. The van der Waals surface area contributed by atoms with Crippen LogP contribution in [0.2, 0.25) is 0 Å². The number of rotatable bonds is 8. The lowest BCUT2D eigenvalue weighted by atomic mass is 9.97. The Morgan fingerprint density at radius 1 is 1.00 bits per heavy atom. The highest BCUT2D eigenvalue weighted by molar-refractivity contribution is 7.70. The minimum absolute atomic E-state index is 0.0728. The number of halogens is 2. The molecule has 168 valence electrons. The van der Waals surface area contributed by atoms with Gasteiger partial charge in [0, 0.05) is 30.1 Å². The maximum atomic E-state index is 15.0. The highest BCUT2D eigenvalue weighted by Crippen LogP contribution is 2.24. The van der Waals surface area contributed by atoms with E-state index in [0.29, 0.717) is 23.1 Å². The summed E-state index contributed by atoms with van der Waals surface area (Å²) in [7, 11) is -2.74. The van der Waals surface area contributed by atoms with Gasteiger partial charge in [0.1, 0.15) is 11.6 Å². The monoisotopic (exact) mass is 468 g/mol. The summed E-state index contributed by atoms with van der Waals surface area (Å²) in [4.78, 5) is 25.9. The second-order valence-corrected chi connectivity index (χ2v) is 8.02. The Morgan fingerprint density at radius 2 is 1.79 bits per heavy atom. The first-order valence-corrected chi connectivity index (χ1v) is 11.2. The molecule has 0 amide bonds. The van der Waals surface area contributed by atoms with Crippen molar-refractivity contribution in [3.8, 4) is 11.3 Å². The molecule has 0 bridgehead atoms. The van der Waals surface area contributed by atoms with Crippen molar-refractivity contribution in [1.82, 2.24) is 19.7 Å². The Labute approximate surface area is 189 Å². The first-order chi connectivity index (χ1) is 15.9. The number of nitrogens with one attached hydrogen (secondary N) is 1. The van der Waals surface area contributed by atoms with Crippen LogP contribution in [0.5, 0.6) is 0 Å². The number of fused-ring (bicyclic) bond motifs is 1. The van der Waals surface area contributed by atoms with E-state index < -0.39 is 33.9 Å². The van der Waals surface area contributed by atoms with Crippen LogP contribution < -0.4 is 4.72 Å². The van der Waals surface area contributed by atoms with E-state index in [1.807, 2.05) is 0 Å². The van der Waals surface area contributed by atoms with Gasteiger partial charge in [-0.1, -0.05) is 6.07 Å². The van der Waals surface area contributed by atoms with Crippen molar-refractivity contribution < 1.29 is 22.0 Å². The molecule has 4 rings (SSSR count). The van der Waals surface area contributed by atoms with Gasteiger partial charge in [-0.15, -0.1) is 0 Å². The molecular weight excluding hydrogens is 450 g/mol. The minimum Gasteiger partial charge on any atom is -0.288 e. The number of aromatic nitrogens is 3. The Kier molecular flexibility index (Phi) is 6.76. The Morgan fingerprint density at radius 3 is 2.55 bits per heavy atom. The Bertz CT molecular complexity index is 1400. The molecule has 1 N–H and O–H groups in total. The van der Waals surface area contributed by atoms with Crippen LogP contribution in [0.3, 0.4) is 0 Å². The lowest BCUT2D eigenvalue weighted by Gasteiger charge is -2.10. The quantitative estimate of drug-likeness (QED) is 0.234. The van der Waals surface area contributed by atoms with Crippen molar-refractivity contribution in [2.75, 3.05) is 6.54 Å². The van der Waals surface area contributed by atoms with E-state index in [1.54, 1.807) is 36.8 Å². The van der Waals surface area contributed by atoms with E-state index in [9.17, 15) is 17.6 Å². The fourth-order valence-corrected chi connectivity index (χ4v) is 3.75. The summed E-state index contributed by atoms with van der Waals surface area (Å²) in [5.74, 6) is -2.74. The van der Waals surface area contributed by atoms with Crippen LogP contribution in [0, 0.1) is 11.6 Å². The van der Waals surface area contributed by atoms with E-state index in [1.165, 1.54) is 18.2 Å². The molecule has 0 atom stereocenters. The van der Waals surface area contributed by atoms with Gasteiger partial charge in [-0.2, -0.15) is 0 Å². The molecule has 0 aliphatic rings. The molecule has 0 fully saturated rings. The molecular formula is C23H18F2N4O3S. The Balaban J connectivity index is 1.65. The normalized spacial score (nSPS) is 11.2. The van der Waals surface area contributed by atoms with Crippen LogP contribution >= 0.6 is 0 Å². The van der Waals surface area contributed by atoms with Crippen LogP contribution in [0.1, 0.15) is 27.9 Å². The van der Waals surface area contributed by atoms with Gasteiger partial charge < -0.3 is 0 Å². The van der Waals surface area contributed by atoms with Crippen molar-refractivity contribution in [3.63, 3.8) is 0 Å². The van der Waals surface area contributed by atoms with E-state index >= 15 is 4.39 Å². The zero-order chi connectivity index (χ0) is 23.4. The number of carbonyl (C=O) groups is 1. The number of ketones is 1. The molecule has 2 aromatic heterocycles. The third-order valence-corrected chi connectivity index (χ3v) is 5.52. The third kappa shape index (κ3) is 5.07. The van der Waals surface area contributed by atoms with Crippen molar-refractivity contribution in [2.24, 2.45) is 0 Å². The van der Waals surface area contributed by atoms with Gasteiger partial charge >= 0.3 is 0 Å². The van der Waals surface area contributed by atoms with E-state index in [4.69, 9.17) is 0 Å². The highest BCUT2D eigenvalue weighted by atomic mass is 32.2. The number of hydrogen-bond acceptors (Lipinski definition) is 6. The molecule has 2 aromatic carbocycles. The summed E-state index contributed by atoms with van der Waals surface area (Å²) >= 11 is 0. The molecule has 0 saturated carbocycles. The summed E-state index contributed by atoms with van der Waals surface area (Å²) in [6.45, 7) is 0.113. The molecule has 0 unspecified atom stereocenters. The van der Waals surface area contributed by atoms with Crippen LogP contribution in [0.15, 0.2) is 61.1 Å². The molecule has 0 spiro atoms. The van der Waals surface area contributed by atoms with E-state index in [-0.39, 0.29) is 24.1 Å². The van der Waals surface area contributed by atoms with Gasteiger partial charge in [-0.3, -0.25) is 14.8 Å². The average Bonchev–Trinajstić information content (AvgIpc) is 2.82. The fraction of sp³-hybridized carbons (Fsp3) is 0.130. The minimum atomic E-state index is -2.74. The molecule has 0 aliphatic carbocycles. The SMILES string of the molecule is O=C(c1ccc2ncc(-c3ccncc3)nc2c1)c1c(F)ccc(CCCN[SH](=O)=O)c1F. The van der Waals surface area contributed by atoms with Gasteiger partial charge in [0.2, 0.25) is 10.9 Å². The summed E-state index contributed by atoms with van der Waals surface area (Å²) in [6, 6.07) is 10.3. The standard InChI is InChI=1S/C23H18F2N4O3S/c24-17-5-3-15(2-1-9-28-33(31)32)22(25)21(17)23(30)16-4-6-18-19(12-16)29-20(13-27-18)14-7-10-26-11-8-14/h3-8,10-13,33H,1-2,9H2,(H,28,31,32). The average molecular weight is 468 g/mol. The number of benzene rings is 2. The molecule has 10 heteroatoms. The smallest absolute Gasteiger partial charge is 0.201 e. The first kappa shape index (κ1) is 22.6. The van der Waals surface area contributed by atoms with Crippen molar-refractivity contribution in [3.05, 3.63) is 89.4 Å². The molecule has 7 nitrogen and oxygen atoms in total. The maximum Gasteiger partial charge on any atom is 0.201 e. The first-order valence-electron chi connectivity index (χ1n) is 10.0. The molecule has 4 aromatic rings. The van der Waals surface area contributed by atoms with Crippen LogP contribution in [0.25, 0.3) is 22.3 Å². The van der Waals surface area contributed by atoms with Gasteiger partial charge in [0.05, 0.1) is 28.5 Å². The van der Waals surface area contributed by atoms with E-state index in [0.717, 1.165) is 11.6 Å². The fourth-order valence-electron chi connectivity index (χ4n) is 3.40. The van der Waals surface area contributed by atoms with Crippen LogP contribution in [-0.2, 0) is 17.3 Å². The van der Waals surface area contributed by atoms with E-state index in [2.05, 4.69) is 19.7 Å². The number of carbonyl (C=O) groups excluding carboxylic acids is 1. The van der Waals surface area contributed by atoms with Crippen LogP contribution in [-0.4, -0.2) is 35.7 Å². The molecule has 0 saturated heterocycles. The second kappa shape index (κ2) is 9.88. The van der Waals surface area contributed by atoms with Crippen molar-refractivity contribution in [1.29, 1.82) is 0 Å². The van der Waals surface area contributed by atoms with Gasteiger partial charge in [-0.05, 0) is 54.8 Å². The number of thiol groups is 1. The number of nitrogens with zero attached hydrogens (tertiary/aromatic N) is 3. The molecule has 0 radical (unpaired) electrons. The highest BCUT2D eigenvalue weighted by Gasteiger charge is 2.22. The van der Waals surface area contributed by atoms with Crippen molar-refractivity contribution in [2.45, 2.75) is 12.8 Å². The summed E-state index contributed by atoms with van der Waals surface area (Å²) in [5, 5.41) is 0. The van der Waals surface area contributed by atoms with Crippen molar-refractivity contribution >= 4 is 27.7 Å². The van der Waals surface area contributed by atoms with Crippen LogP contribution in [0.4, 0.5) is 8.78 Å². The lowest BCUT2D eigenvalue weighted by molar-refractivity contribution is 0.103. The van der Waals surface area contributed by atoms with Gasteiger partial charge in [-0.25, -0.2) is 26.9 Å². The second-order valence-electron chi connectivity index (χ2n) is 7.19. The zero-order valence-corrected chi connectivity index (χ0v) is 18.1. The topological polar surface area (TPSA) is 102 Å². The zero-order valence-electron chi connectivity index (χ0n) is 17.2. The molecule has 2 heterocycles.